The highest BCUT2D eigenvalue weighted by atomic mass is 16.6. The number of hydrogen-bond acceptors (Lipinski definition) is 9. The average Bonchev–Trinajstić information content (AvgIpc) is 3.07. The van der Waals surface area contributed by atoms with Crippen molar-refractivity contribution in [1.29, 1.82) is 0 Å². The molecule has 0 unspecified atom stereocenters. The zero-order valence-corrected chi connectivity index (χ0v) is 24.1. The molecule has 10 heteroatoms. The van der Waals surface area contributed by atoms with Gasteiger partial charge >= 0.3 is 17.9 Å². The molecule has 0 radical (unpaired) electrons. The molecule has 0 spiro atoms. The Kier molecular flexibility index (Phi) is 9.19. The molecule has 3 fully saturated rings. The first-order valence-electron chi connectivity index (χ1n) is 14.2. The highest BCUT2D eigenvalue weighted by Gasteiger charge is 2.74. The molecule has 0 aromatic heterocycles. The van der Waals surface area contributed by atoms with Crippen LogP contribution in [0.25, 0.3) is 0 Å². The van der Waals surface area contributed by atoms with Gasteiger partial charge in [-0.05, 0) is 65.0 Å². The largest absolute Gasteiger partial charge is 0.466 e. The minimum absolute atomic E-state index is 0.154. The van der Waals surface area contributed by atoms with Gasteiger partial charge in [-0.2, -0.15) is 0 Å². The normalized spacial score (nSPS) is 32.5. The minimum atomic E-state index is -1.11. The molecule has 1 amide bonds. The first-order chi connectivity index (χ1) is 19.1. The Morgan fingerprint density at radius 2 is 1.95 bits per heavy atom. The Morgan fingerprint density at radius 3 is 2.65 bits per heavy atom. The van der Waals surface area contributed by atoms with Crippen molar-refractivity contribution in [1.82, 2.24) is 10.2 Å². The van der Waals surface area contributed by atoms with E-state index in [2.05, 4.69) is 10.2 Å². The van der Waals surface area contributed by atoms with Crippen molar-refractivity contribution in [2.45, 2.75) is 70.5 Å². The fourth-order valence-electron chi connectivity index (χ4n) is 6.92. The lowest BCUT2D eigenvalue weighted by Crippen LogP contribution is -2.65. The third-order valence-corrected chi connectivity index (χ3v) is 9.04. The van der Waals surface area contributed by atoms with Gasteiger partial charge in [-0.15, -0.1) is 0 Å². The van der Waals surface area contributed by atoms with Crippen LogP contribution in [0.15, 0.2) is 35.5 Å². The van der Waals surface area contributed by atoms with Crippen LogP contribution in [0, 0.1) is 11.3 Å². The molecule has 2 heterocycles. The van der Waals surface area contributed by atoms with Crippen LogP contribution < -0.4 is 5.32 Å². The first-order valence-corrected chi connectivity index (χ1v) is 14.2. The number of nitrogens with zero attached hydrogens (tertiary/aromatic N) is 1. The van der Waals surface area contributed by atoms with Gasteiger partial charge in [0.1, 0.15) is 16.6 Å². The summed E-state index contributed by atoms with van der Waals surface area (Å²) in [5, 5.41) is 2.96. The van der Waals surface area contributed by atoms with E-state index in [1.807, 2.05) is 6.92 Å². The number of amides is 1. The lowest BCUT2D eigenvalue weighted by Gasteiger charge is -2.54. The summed E-state index contributed by atoms with van der Waals surface area (Å²) in [6, 6.07) is 0. The first kappa shape index (κ1) is 30.0. The number of nitrogens with one attached hydrogen (secondary N) is 1. The zero-order valence-electron chi connectivity index (χ0n) is 24.1. The summed E-state index contributed by atoms with van der Waals surface area (Å²) in [6.45, 7) is 9.75. The van der Waals surface area contributed by atoms with E-state index in [-0.39, 0.29) is 18.2 Å². The summed E-state index contributed by atoms with van der Waals surface area (Å²) in [7, 11) is 1.32. The number of cyclic esters (lactones) is 1. The van der Waals surface area contributed by atoms with Crippen molar-refractivity contribution in [2.75, 3.05) is 46.5 Å². The highest BCUT2D eigenvalue weighted by molar-refractivity contribution is 5.93. The molecule has 4 rings (SSSR count). The number of allylic oxidation sites excluding steroid dienone is 3. The van der Waals surface area contributed by atoms with Crippen LogP contribution in [-0.4, -0.2) is 86.4 Å². The predicted molar refractivity (Wildman–Crippen MR) is 146 cm³/mol. The lowest BCUT2D eigenvalue weighted by atomic mass is 9.62. The smallest absolute Gasteiger partial charge is 0.333 e. The van der Waals surface area contributed by atoms with Crippen molar-refractivity contribution in [3.8, 4) is 0 Å². The molecule has 2 bridgehead atoms. The summed E-state index contributed by atoms with van der Waals surface area (Å²) in [5.74, 6) is -1.82. The molecule has 40 heavy (non-hydrogen) atoms. The molecular weight excluding hydrogens is 516 g/mol. The predicted octanol–water partition coefficient (Wildman–Crippen LogP) is 2.62. The third kappa shape index (κ3) is 5.74. The Hall–Kier alpha value is -2.98. The van der Waals surface area contributed by atoms with E-state index in [1.54, 1.807) is 31.2 Å². The van der Waals surface area contributed by atoms with Crippen molar-refractivity contribution >= 4 is 23.8 Å². The monoisotopic (exact) mass is 558 g/mol. The Morgan fingerprint density at radius 1 is 1.20 bits per heavy atom. The van der Waals surface area contributed by atoms with Gasteiger partial charge in [0.05, 0.1) is 20.3 Å². The van der Waals surface area contributed by atoms with Gasteiger partial charge in [-0.1, -0.05) is 18.2 Å². The zero-order chi connectivity index (χ0) is 29.0. The van der Waals surface area contributed by atoms with Gasteiger partial charge in [0, 0.05) is 43.6 Å². The van der Waals surface area contributed by atoms with Crippen molar-refractivity contribution in [2.24, 2.45) is 11.3 Å². The molecule has 2 aliphatic carbocycles. The number of methoxy groups -OCH3 is 1. The van der Waals surface area contributed by atoms with E-state index in [0.717, 1.165) is 39.3 Å². The number of hydrogen-bond donors (Lipinski definition) is 1. The second kappa shape index (κ2) is 12.3. The van der Waals surface area contributed by atoms with Gasteiger partial charge in [0.2, 0.25) is 5.91 Å². The van der Waals surface area contributed by atoms with E-state index in [0.29, 0.717) is 43.4 Å². The molecule has 1 N–H and O–H groups in total. The van der Waals surface area contributed by atoms with Gasteiger partial charge in [0.15, 0.2) is 0 Å². The minimum Gasteiger partial charge on any atom is -0.466 e. The van der Waals surface area contributed by atoms with Crippen molar-refractivity contribution < 1.29 is 38.1 Å². The van der Waals surface area contributed by atoms with E-state index < -0.39 is 34.5 Å². The second-order valence-electron chi connectivity index (χ2n) is 11.4. The van der Waals surface area contributed by atoms with Crippen molar-refractivity contribution in [3.05, 3.63) is 35.5 Å². The number of carbonyl (C=O) groups is 4. The fourth-order valence-corrected chi connectivity index (χ4v) is 6.92. The van der Waals surface area contributed by atoms with E-state index in [1.165, 1.54) is 14.0 Å². The average molecular weight is 559 g/mol. The summed E-state index contributed by atoms with van der Waals surface area (Å²) >= 11 is 0. The Bertz CT molecular complexity index is 1110. The van der Waals surface area contributed by atoms with Crippen LogP contribution in [0.3, 0.4) is 0 Å². The van der Waals surface area contributed by atoms with Crippen LogP contribution in [-0.2, 0) is 38.1 Å². The standard InChI is InChI=1S/C30H42N2O8/c1-21(25(34)31-15-6-16-32-17-19-38-20-18-32)7-5-11-28(3)24-10-13-29(27(36)40-28)12-8-23(26(35)37-4)9-14-30(24,29)39-22(2)33/h5,7-8,11,24H,6,9-10,12-20H2,1-4H3,(H,31,34)/b11-5+,21-7+/t24-,28+,29+,30-/m0/s1. The Labute approximate surface area is 236 Å². The molecule has 4 aliphatic rings. The van der Waals surface area contributed by atoms with E-state index >= 15 is 0 Å². The maximum absolute atomic E-state index is 13.7. The number of carbonyl (C=O) groups excluding carboxylic acids is 4. The topological polar surface area (TPSA) is 120 Å². The van der Waals surface area contributed by atoms with Crippen LogP contribution in [0.2, 0.25) is 0 Å². The number of ether oxygens (including phenoxy) is 4. The molecule has 10 nitrogen and oxygen atoms in total. The summed E-state index contributed by atoms with van der Waals surface area (Å²) in [4.78, 5) is 53.3. The molecular formula is C30H42N2O8. The molecule has 220 valence electrons. The molecule has 1 saturated carbocycles. The number of morpholine rings is 1. The van der Waals surface area contributed by atoms with E-state index in [9.17, 15) is 19.2 Å². The quantitative estimate of drug-likeness (QED) is 0.150. The van der Waals surface area contributed by atoms with Gasteiger partial charge < -0.3 is 24.3 Å². The maximum atomic E-state index is 13.7. The van der Waals surface area contributed by atoms with Gasteiger partial charge in [-0.25, -0.2) is 4.79 Å². The van der Waals surface area contributed by atoms with Crippen LogP contribution >= 0.6 is 0 Å². The van der Waals surface area contributed by atoms with Gasteiger partial charge in [-0.3, -0.25) is 19.3 Å². The Balaban J connectivity index is 1.46. The molecule has 4 atom stereocenters. The molecule has 2 saturated heterocycles. The summed E-state index contributed by atoms with van der Waals surface area (Å²) in [5.41, 5.74) is -2.23. The lowest BCUT2D eigenvalue weighted by molar-refractivity contribution is -0.235. The van der Waals surface area contributed by atoms with Crippen LogP contribution in [0.5, 0.6) is 0 Å². The fraction of sp³-hybridized carbons (Fsp3) is 0.667. The molecule has 0 aromatic rings. The summed E-state index contributed by atoms with van der Waals surface area (Å²) in [6.07, 6.45) is 9.81. The molecule has 2 aliphatic heterocycles. The third-order valence-electron chi connectivity index (χ3n) is 9.04. The SMILES string of the molecule is COC(=O)C1=CC[C@@]23CC[C@@H]([C@@](C)(/C=C/C=C(\C)C(=O)NCCCN4CCOCC4)OC2=O)[C@@]3(OC(C)=O)CC1. The van der Waals surface area contributed by atoms with Crippen LogP contribution in [0.4, 0.5) is 0 Å². The number of rotatable bonds is 9. The van der Waals surface area contributed by atoms with Crippen LogP contribution in [0.1, 0.15) is 59.3 Å². The highest BCUT2D eigenvalue weighted by Crippen LogP contribution is 2.65. The van der Waals surface area contributed by atoms with E-state index in [4.69, 9.17) is 18.9 Å². The second-order valence-corrected chi connectivity index (χ2v) is 11.4. The number of esters is 3. The van der Waals surface area contributed by atoms with Gasteiger partial charge in [0.25, 0.3) is 0 Å². The molecule has 0 aromatic carbocycles. The maximum Gasteiger partial charge on any atom is 0.333 e. The van der Waals surface area contributed by atoms with Crippen molar-refractivity contribution in [3.63, 3.8) is 0 Å². The summed E-state index contributed by atoms with van der Waals surface area (Å²) < 4.78 is 22.4.